The van der Waals surface area contributed by atoms with Gasteiger partial charge in [-0.3, -0.25) is 9.59 Å². The first-order valence-electron chi connectivity index (χ1n) is 8.93. The third kappa shape index (κ3) is 4.98. The summed E-state index contributed by atoms with van der Waals surface area (Å²) >= 11 is 1.37. The average molecular weight is 394 g/mol. The number of benzene rings is 2. The summed E-state index contributed by atoms with van der Waals surface area (Å²) in [4.78, 5) is 25.3. The fraction of sp³-hybridized carbons (Fsp3) is 0.182. The molecule has 0 saturated heterocycles. The van der Waals surface area contributed by atoms with Crippen LogP contribution >= 0.6 is 11.3 Å². The first-order valence-corrected chi connectivity index (χ1v) is 9.81. The molecule has 0 aliphatic carbocycles. The highest BCUT2D eigenvalue weighted by Gasteiger charge is 2.10. The molecule has 0 atom stereocenters. The minimum atomic E-state index is -0.182. The number of rotatable bonds is 7. The van der Waals surface area contributed by atoms with Crippen LogP contribution < -0.4 is 15.4 Å². The van der Waals surface area contributed by atoms with E-state index in [4.69, 9.17) is 4.74 Å². The van der Waals surface area contributed by atoms with Gasteiger partial charge in [-0.1, -0.05) is 29.8 Å². The van der Waals surface area contributed by atoms with Crippen molar-refractivity contribution in [3.8, 4) is 5.75 Å². The maximum atomic E-state index is 12.5. The van der Waals surface area contributed by atoms with Crippen LogP contribution in [0.1, 0.15) is 31.2 Å². The number of anilines is 1. The molecule has 5 nitrogen and oxygen atoms in total. The molecule has 0 fully saturated rings. The Morgan fingerprint density at radius 2 is 1.89 bits per heavy atom. The lowest BCUT2D eigenvalue weighted by Gasteiger charge is -2.11. The summed E-state index contributed by atoms with van der Waals surface area (Å²) in [6, 6.07) is 16.5. The monoisotopic (exact) mass is 394 g/mol. The Morgan fingerprint density at radius 1 is 1.04 bits per heavy atom. The first kappa shape index (κ1) is 19.6. The molecule has 3 aromatic rings. The summed E-state index contributed by atoms with van der Waals surface area (Å²) in [6.07, 6.45) is 0.672. The Bertz CT molecular complexity index is 968. The molecule has 0 saturated carbocycles. The lowest BCUT2D eigenvalue weighted by atomic mass is 10.1. The summed E-state index contributed by atoms with van der Waals surface area (Å²) < 4.78 is 5.37. The Balaban J connectivity index is 1.59. The lowest BCUT2D eigenvalue weighted by Crippen LogP contribution is -2.26. The van der Waals surface area contributed by atoms with E-state index >= 15 is 0 Å². The van der Waals surface area contributed by atoms with Gasteiger partial charge < -0.3 is 15.4 Å². The molecule has 6 heteroatoms. The predicted molar refractivity (Wildman–Crippen MR) is 112 cm³/mol. The second-order valence-electron chi connectivity index (χ2n) is 6.33. The zero-order valence-electron chi connectivity index (χ0n) is 15.8. The highest BCUT2D eigenvalue weighted by atomic mass is 32.1. The van der Waals surface area contributed by atoms with Gasteiger partial charge in [-0.05, 0) is 54.6 Å². The van der Waals surface area contributed by atoms with Gasteiger partial charge in [0, 0.05) is 17.8 Å². The molecular weight excluding hydrogens is 372 g/mol. The highest BCUT2D eigenvalue weighted by molar-refractivity contribution is 7.12. The topological polar surface area (TPSA) is 67.4 Å². The van der Waals surface area contributed by atoms with Gasteiger partial charge in [0.2, 0.25) is 0 Å². The zero-order valence-corrected chi connectivity index (χ0v) is 16.6. The van der Waals surface area contributed by atoms with Gasteiger partial charge in [-0.2, -0.15) is 0 Å². The molecule has 0 unspecified atom stereocenters. The van der Waals surface area contributed by atoms with E-state index in [1.165, 1.54) is 11.3 Å². The van der Waals surface area contributed by atoms with E-state index < -0.39 is 0 Å². The number of hydrogen-bond acceptors (Lipinski definition) is 4. The number of hydrogen-bond donors (Lipinski definition) is 2. The number of nitrogens with one attached hydrogen (secondary N) is 2. The summed E-state index contributed by atoms with van der Waals surface area (Å²) in [5, 5.41) is 7.59. The van der Waals surface area contributed by atoms with E-state index in [1.54, 1.807) is 37.4 Å². The van der Waals surface area contributed by atoms with E-state index in [0.717, 1.165) is 16.9 Å². The van der Waals surface area contributed by atoms with Gasteiger partial charge in [-0.25, -0.2) is 0 Å². The molecule has 2 aromatic carbocycles. The quantitative estimate of drug-likeness (QED) is 0.628. The molecule has 28 heavy (non-hydrogen) atoms. The Kier molecular flexibility index (Phi) is 6.45. The van der Waals surface area contributed by atoms with Gasteiger partial charge in [0.05, 0.1) is 12.0 Å². The lowest BCUT2D eigenvalue weighted by molar-refractivity contribution is 0.0952. The molecule has 0 bridgehead atoms. The van der Waals surface area contributed by atoms with Crippen molar-refractivity contribution in [2.45, 2.75) is 13.3 Å². The smallest absolute Gasteiger partial charge is 0.265 e. The highest BCUT2D eigenvalue weighted by Crippen LogP contribution is 2.20. The number of ether oxygens (including phenoxy) is 1. The van der Waals surface area contributed by atoms with Crippen LogP contribution in [0.4, 0.5) is 5.69 Å². The van der Waals surface area contributed by atoms with E-state index in [2.05, 4.69) is 16.7 Å². The molecule has 3 rings (SSSR count). The van der Waals surface area contributed by atoms with E-state index in [1.807, 2.05) is 30.5 Å². The third-order valence-corrected chi connectivity index (χ3v) is 5.11. The molecule has 0 aliphatic heterocycles. The maximum Gasteiger partial charge on any atom is 0.265 e. The number of aryl methyl sites for hydroxylation is 1. The van der Waals surface area contributed by atoms with Crippen molar-refractivity contribution in [3.05, 3.63) is 81.5 Å². The van der Waals surface area contributed by atoms with Crippen LogP contribution in [0.15, 0.2) is 60.0 Å². The first-order chi connectivity index (χ1) is 13.6. The summed E-state index contributed by atoms with van der Waals surface area (Å²) in [7, 11) is 1.64. The predicted octanol–water partition coefficient (Wildman–Crippen LogP) is 4.29. The van der Waals surface area contributed by atoms with Gasteiger partial charge in [0.1, 0.15) is 5.75 Å². The van der Waals surface area contributed by atoms with Crippen molar-refractivity contribution >= 4 is 28.8 Å². The zero-order chi connectivity index (χ0) is 19.9. The van der Waals surface area contributed by atoms with Crippen LogP contribution in [0.25, 0.3) is 0 Å². The van der Waals surface area contributed by atoms with Crippen molar-refractivity contribution in [1.82, 2.24) is 5.32 Å². The molecule has 0 spiro atoms. The Morgan fingerprint density at radius 3 is 2.64 bits per heavy atom. The van der Waals surface area contributed by atoms with Crippen LogP contribution in [0.3, 0.4) is 0 Å². The fourth-order valence-electron chi connectivity index (χ4n) is 2.85. The van der Waals surface area contributed by atoms with Crippen LogP contribution in [-0.2, 0) is 6.42 Å². The van der Waals surface area contributed by atoms with Crippen LogP contribution in [0.5, 0.6) is 5.75 Å². The standard InChI is InChI=1S/C22H22N2O3S/c1-15-8-9-19(27-2)16(13-15)10-11-23-21(25)17-5-3-6-18(14-17)24-22(26)20-7-4-12-28-20/h3-9,12-14H,10-11H2,1-2H3,(H,23,25)(H,24,26). The number of amides is 2. The molecule has 1 heterocycles. The van der Waals surface area contributed by atoms with Gasteiger partial charge in [0.15, 0.2) is 0 Å². The Hall–Kier alpha value is -3.12. The van der Waals surface area contributed by atoms with Crippen molar-refractivity contribution in [2.75, 3.05) is 19.0 Å². The minimum absolute atomic E-state index is 0.181. The Labute approximate surface area is 168 Å². The normalized spacial score (nSPS) is 10.4. The van der Waals surface area contributed by atoms with Crippen molar-refractivity contribution in [1.29, 1.82) is 0 Å². The van der Waals surface area contributed by atoms with E-state index in [0.29, 0.717) is 29.1 Å². The molecule has 1 aromatic heterocycles. The fourth-order valence-corrected chi connectivity index (χ4v) is 3.47. The van der Waals surface area contributed by atoms with Crippen LogP contribution in [0.2, 0.25) is 0 Å². The van der Waals surface area contributed by atoms with Crippen molar-refractivity contribution in [3.63, 3.8) is 0 Å². The molecule has 2 N–H and O–H groups in total. The largest absolute Gasteiger partial charge is 0.496 e. The summed E-state index contributed by atoms with van der Waals surface area (Å²) in [6.45, 7) is 2.52. The summed E-state index contributed by atoms with van der Waals surface area (Å²) in [5.41, 5.74) is 3.29. The van der Waals surface area contributed by atoms with Gasteiger partial charge in [0.25, 0.3) is 11.8 Å². The number of carbonyl (C=O) groups is 2. The molecule has 144 valence electrons. The second-order valence-corrected chi connectivity index (χ2v) is 7.28. The molecule has 0 aliphatic rings. The molecule has 2 amide bonds. The minimum Gasteiger partial charge on any atom is -0.496 e. The van der Waals surface area contributed by atoms with E-state index in [9.17, 15) is 9.59 Å². The number of thiophene rings is 1. The number of methoxy groups -OCH3 is 1. The average Bonchev–Trinajstić information content (AvgIpc) is 3.23. The van der Waals surface area contributed by atoms with E-state index in [-0.39, 0.29) is 11.8 Å². The summed E-state index contributed by atoms with van der Waals surface area (Å²) in [5.74, 6) is 0.455. The number of carbonyl (C=O) groups excluding carboxylic acids is 2. The van der Waals surface area contributed by atoms with Gasteiger partial charge >= 0.3 is 0 Å². The van der Waals surface area contributed by atoms with Crippen LogP contribution in [0, 0.1) is 6.92 Å². The maximum absolute atomic E-state index is 12.5. The molecular formula is C22H22N2O3S. The van der Waals surface area contributed by atoms with Crippen molar-refractivity contribution < 1.29 is 14.3 Å². The van der Waals surface area contributed by atoms with Gasteiger partial charge in [-0.15, -0.1) is 11.3 Å². The van der Waals surface area contributed by atoms with Crippen molar-refractivity contribution in [2.24, 2.45) is 0 Å². The SMILES string of the molecule is COc1ccc(C)cc1CCNC(=O)c1cccc(NC(=O)c2cccs2)c1. The van der Waals surface area contributed by atoms with Crippen LogP contribution in [-0.4, -0.2) is 25.5 Å². The molecule has 0 radical (unpaired) electrons. The second kappa shape index (κ2) is 9.19. The third-order valence-electron chi connectivity index (χ3n) is 4.24.